The van der Waals surface area contributed by atoms with E-state index >= 15 is 0 Å². The molecule has 1 aromatic heterocycles. The maximum absolute atomic E-state index is 10.7. The Morgan fingerprint density at radius 3 is 2.75 bits per heavy atom. The van der Waals surface area contributed by atoms with Crippen LogP contribution in [0.2, 0.25) is 0 Å². The maximum atomic E-state index is 10.7. The largest absolute Gasteiger partial charge is 0.366 e. The molecular formula is C8H7N3O. The van der Waals surface area contributed by atoms with Crippen LogP contribution in [-0.4, -0.2) is 10.9 Å². The molecule has 0 bridgehead atoms. The Kier molecular flexibility index (Phi) is 2.06. The number of nitrogens with zero attached hydrogens (tertiary/aromatic N) is 2. The van der Waals surface area contributed by atoms with Crippen LogP contribution in [0.15, 0.2) is 12.1 Å². The van der Waals surface area contributed by atoms with Crippen LogP contribution in [0.25, 0.3) is 0 Å². The Bertz CT molecular complexity index is 365. The first-order valence-corrected chi connectivity index (χ1v) is 3.32. The van der Waals surface area contributed by atoms with E-state index in [4.69, 9.17) is 11.0 Å². The summed E-state index contributed by atoms with van der Waals surface area (Å²) in [4.78, 5) is 14.6. The second kappa shape index (κ2) is 3.01. The van der Waals surface area contributed by atoms with E-state index in [1.54, 1.807) is 6.92 Å². The van der Waals surface area contributed by atoms with Crippen LogP contribution in [0.1, 0.15) is 21.7 Å². The minimum atomic E-state index is -0.524. The Hall–Kier alpha value is -1.89. The number of hydrogen-bond donors (Lipinski definition) is 1. The van der Waals surface area contributed by atoms with Crippen LogP contribution in [0.4, 0.5) is 0 Å². The molecule has 4 nitrogen and oxygen atoms in total. The fourth-order valence-corrected chi connectivity index (χ4v) is 0.884. The topological polar surface area (TPSA) is 79.8 Å². The lowest BCUT2D eigenvalue weighted by Crippen LogP contribution is -2.13. The number of carbonyl (C=O) groups is 1. The van der Waals surface area contributed by atoms with Crippen molar-refractivity contribution in [2.24, 2.45) is 5.73 Å². The van der Waals surface area contributed by atoms with E-state index in [1.807, 2.05) is 6.07 Å². The van der Waals surface area contributed by atoms with Crippen LogP contribution in [0.5, 0.6) is 0 Å². The van der Waals surface area contributed by atoms with E-state index in [-0.39, 0.29) is 5.69 Å². The minimum Gasteiger partial charge on any atom is -0.366 e. The number of carbonyl (C=O) groups excluding carboxylic acids is 1. The summed E-state index contributed by atoms with van der Waals surface area (Å²) in [7, 11) is 0. The number of nitrogens with two attached hydrogens (primary N) is 1. The molecule has 0 unspecified atom stereocenters. The number of hydrogen-bond acceptors (Lipinski definition) is 3. The minimum absolute atomic E-state index is 0.289. The highest BCUT2D eigenvalue weighted by molar-refractivity contribution is 5.93. The molecule has 0 aromatic carbocycles. The van der Waals surface area contributed by atoms with E-state index in [9.17, 15) is 4.79 Å². The molecule has 60 valence electrons. The van der Waals surface area contributed by atoms with Gasteiger partial charge in [-0.25, -0.2) is 4.98 Å². The molecule has 0 spiro atoms. The van der Waals surface area contributed by atoms with Crippen LogP contribution in [0.3, 0.4) is 0 Å². The summed E-state index contributed by atoms with van der Waals surface area (Å²) in [6.45, 7) is 1.64. The predicted molar refractivity (Wildman–Crippen MR) is 42.2 cm³/mol. The van der Waals surface area contributed by atoms with Crippen molar-refractivity contribution in [3.8, 4) is 6.07 Å². The van der Waals surface area contributed by atoms with Crippen molar-refractivity contribution < 1.29 is 4.79 Å². The maximum Gasteiger partial charge on any atom is 0.250 e. The Morgan fingerprint density at radius 2 is 2.33 bits per heavy atom. The summed E-state index contributed by atoms with van der Waals surface area (Å²) in [6, 6.07) is 4.84. The molecule has 1 heterocycles. The third-order valence-electron chi connectivity index (χ3n) is 1.47. The SMILES string of the molecule is Cc1nc(C#N)ccc1C(N)=O. The molecule has 0 atom stereocenters. The van der Waals surface area contributed by atoms with Crippen molar-refractivity contribution in [1.29, 1.82) is 5.26 Å². The molecule has 0 radical (unpaired) electrons. The van der Waals surface area contributed by atoms with E-state index in [1.165, 1.54) is 12.1 Å². The van der Waals surface area contributed by atoms with Crippen LogP contribution in [0, 0.1) is 18.3 Å². The van der Waals surface area contributed by atoms with Crippen molar-refractivity contribution in [1.82, 2.24) is 4.98 Å². The van der Waals surface area contributed by atoms with Gasteiger partial charge in [0.25, 0.3) is 5.91 Å². The lowest BCUT2D eigenvalue weighted by atomic mass is 10.2. The average Bonchev–Trinajstić information content (AvgIpc) is 2.03. The normalized spacial score (nSPS) is 9.00. The second-order valence-electron chi connectivity index (χ2n) is 2.31. The molecule has 0 fully saturated rings. The molecule has 0 saturated heterocycles. The molecule has 12 heavy (non-hydrogen) atoms. The smallest absolute Gasteiger partial charge is 0.250 e. The van der Waals surface area contributed by atoms with Gasteiger partial charge < -0.3 is 5.73 Å². The van der Waals surface area contributed by atoms with Gasteiger partial charge in [-0.15, -0.1) is 0 Å². The number of aryl methyl sites for hydroxylation is 1. The molecule has 0 aliphatic carbocycles. The fourth-order valence-electron chi connectivity index (χ4n) is 0.884. The van der Waals surface area contributed by atoms with Gasteiger partial charge in [-0.1, -0.05) is 0 Å². The standard InChI is InChI=1S/C8H7N3O/c1-5-7(8(10)12)3-2-6(4-9)11-5/h2-3H,1H3,(H2,10,12). The van der Waals surface area contributed by atoms with Gasteiger partial charge in [0.2, 0.25) is 0 Å². The van der Waals surface area contributed by atoms with Gasteiger partial charge in [0, 0.05) is 0 Å². The van der Waals surface area contributed by atoms with Crippen LogP contribution < -0.4 is 5.73 Å². The Morgan fingerprint density at radius 1 is 1.67 bits per heavy atom. The highest BCUT2D eigenvalue weighted by Gasteiger charge is 2.05. The fraction of sp³-hybridized carbons (Fsp3) is 0.125. The number of primary amides is 1. The molecule has 1 amide bonds. The van der Waals surface area contributed by atoms with Crippen molar-refractivity contribution in [2.75, 3.05) is 0 Å². The van der Waals surface area contributed by atoms with Gasteiger partial charge in [-0.2, -0.15) is 5.26 Å². The molecule has 0 aliphatic rings. The van der Waals surface area contributed by atoms with Gasteiger partial charge in [0.1, 0.15) is 11.8 Å². The Labute approximate surface area is 69.6 Å². The van der Waals surface area contributed by atoms with Gasteiger partial charge in [-0.05, 0) is 19.1 Å². The number of nitriles is 1. The van der Waals surface area contributed by atoms with E-state index < -0.39 is 5.91 Å². The zero-order chi connectivity index (χ0) is 9.14. The average molecular weight is 161 g/mol. The van der Waals surface area contributed by atoms with Crippen molar-refractivity contribution >= 4 is 5.91 Å². The van der Waals surface area contributed by atoms with Crippen molar-refractivity contribution in [3.05, 3.63) is 29.1 Å². The van der Waals surface area contributed by atoms with Crippen LogP contribution in [-0.2, 0) is 0 Å². The third-order valence-corrected chi connectivity index (χ3v) is 1.47. The number of rotatable bonds is 1. The van der Waals surface area contributed by atoms with Gasteiger partial charge in [-0.3, -0.25) is 4.79 Å². The molecule has 2 N–H and O–H groups in total. The summed E-state index contributed by atoms with van der Waals surface area (Å²) in [5.41, 5.74) is 6.18. The first-order chi connectivity index (χ1) is 5.65. The molecule has 0 aliphatic heterocycles. The molecule has 0 saturated carbocycles. The lowest BCUT2D eigenvalue weighted by molar-refractivity contribution is 0.0999. The number of pyridine rings is 1. The quantitative estimate of drug-likeness (QED) is 0.645. The van der Waals surface area contributed by atoms with Gasteiger partial charge in [0.05, 0.1) is 11.3 Å². The van der Waals surface area contributed by atoms with E-state index in [2.05, 4.69) is 4.98 Å². The summed E-state index contributed by atoms with van der Waals surface area (Å²) < 4.78 is 0. The summed E-state index contributed by atoms with van der Waals surface area (Å²) in [5.74, 6) is -0.524. The predicted octanol–water partition coefficient (Wildman–Crippen LogP) is 0.361. The first kappa shape index (κ1) is 8.21. The lowest BCUT2D eigenvalue weighted by Gasteiger charge is -1.98. The number of aromatic nitrogens is 1. The number of amides is 1. The summed E-state index contributed by atoms with van der Waals surface area (Å²) >= 11 is 0. The second-order valence-corrected chi connectivity index (χ2v) is 2.31. The van der Waals surface area contributed by atoms with E-state index in [0.29, 0.717) is 11.3 Å². The van der Waals surface area contributed by atoms with Gasteiger partial charge in [0.15, 0.2) is 0 Å². The van der Waals surface area contributed by atoms with Crippen LogP contribution >= 0.6 is 0 Å². The zero-order valence-electron chi connectivity index (χ0n) is 6.53. The Balaban J connectivity index is 3.23. The monoisotopic (exact) mass is 161 g/mol. The molecule has 1 aromatic rings. The first-order valence-electron chi connectivity index (χ1n) is 3.32. The summed E-state index contributed by atoms with van der Waals surface area (Å²) in [6.07, 6.45) is 0. The third kappa shape index (κ3) is 1.40. The molecule has 1 rings (SSSR count). The van der Waals surface area contributed by atoms with Gasteiger partial charge >= 0.3 is 0 Å². The summed E-state index contributed by atoms with van der Waals surface area (Å²) in [5, 5.41) is 8.46. The van der Waals surface area contributed by atoms with Crippen molar-refractivity contribution in [2.45, 2.75) is 6.92 Å². The molecule has 4 heteroatoms. The highest BCUT2D eigenvalue weighted by atomic mass is 16.1. The van der Waals surface area contributed by atoms with E-state index in [0.717, 1.165) is 0 Å². The molecular weight excluding hydrogens is 154 g/mol. The van der Waals surface area contributed by atoms with Crippen molar-refractivity contribution in [3.63, 3.8) is 0 Å². The highest BCUT2D eigenvalue weighted by Crippen LogP contribution is 2.04. The zero-order valence-corrected chi connectivity index (χ0v) is 6.53.